The van der Waals surface area contributed by atoms with Crippen LogP contribution in [0.3, 0.4) is 0 Å². The van der Waals surface area contributed by atoms with Crippen LogP contribution in [-0.2, 0) is 6.42 Å². The molecule has 0 fully saturated rings. The Morgan fingerprint density at radius 2 is 2.10 bits per heavy atom. The maximum absolute atomic E-state index is 10.7. The number of benzene rings is 2. The first-order valence-corrected chi connectivity index (χ1v) is 7.67. The Hall–Kier alpha value is -1.52. The highest BCUT2D eigenvalue weighted by Gasteiger charge is 2.20. The maximum Gasteiger partial charge on any atom is 0.125 e. The van der Waals surface area contributed by atoms with Gasteiger partial charge >= 0.3 is 0 Å². The summed E-state index contributed by atoms with van der Waals surface area (Å²) in [5.74, 6) is 1.61. The predicted molar refractivity (Wildman–Crippen MR) is 85.1 cm³/mol. The lowest BCUT2D eigenvalue weighted by atomic mass is 9.97. The molecule has 0 aliphatic carbocycles. The van der Waals surface area contributed by atoms with E-state index in [9.17, 15) is 5.11 Å². The van der Waals surface area contributed by atoms with Crippen LogP contribution in [0.25, 0.3) is 0 Å². The van der Waals surface area contributed by atoms with Gasteiger partial charge in [-0.25, -0.2) is 0 Å². The summed E-state index contributed by atoms with van der Waals surface area (Å²) >= 11 is 3.51. The van der Waals surface area contributed by atoms with Gasteiger partial charge in [-0.3, -0.25) is 0 Å². The molecule has 1 unspecified atom stereocenters. The minimum absolute atomic E-state index is 0.694. The number of aliphatic hydroxyl groups excluding tert-OH is 1. The van der Waals surface area contributed by atoms with Crippen LogP contribution in [0.5, 0.6) is 11.5 Å². The molecule has 2 aromatic rings. The van der Waals surface area contributed by atoms with Crippen LogP contribution in [0.2, 0.25) is 0 Å². The average Bonchev–Trinajstić information content (AvgIpc) is 2.96. The largest absolute Gasteiger partial charge is 0.496 e. The molecule has 1 atom stereocenters. The van der Waals surface area contributed by atoms with Crippen molar-refractivity contribution in [3.8, 4) is 11.5 Å². The summed E-state index contributed by atoms with van der Waals surface area (Å²) in [6.07, 6.45) is 0.174. The number of hydrogen-bond donors (Lipinski definition) is 1. The van der Waals surface area contributed by atoms with Crippen LogP contribution >= 0.6 is 15.9 Å². The van der Waals surface area contributed by atoms with Crippen LogP contribution in [0.15, 0.2) is 34.8 Å². The highest BCUT2D eigenvalue weighted by atomic mass is 79.9. The van der Waals surface area contributed by atoms with E-state index in [0.29, 0.717) is 12.4 Å². The monoisotopic (exact) mass is 348 g/mol. The molecule has 0 saturated carbocycles. The lowest BCUT2D eigenvalue weighted by molar-refractivity contribution is 0.214. The van der Waals surface area contributed by atoms with E-state index in [4.69, 9.17) is 9.47 Å². The van der Waals surface area contributed by atoms with E-state index in [1.54, 1.807) is 7.11 Å². The molecule has 0 spiro atoms. The van der Waals surface area contributed by atoms with Crippen LogP contribution in [-0.4, -0.2) is 18.8 Å². The van der Waals surface area contributed by atoms with E-state index in [-0.39, 0.29) is 0 Å². The van der Waals surface area contributed by atoms with Gasteiger partial charge in [-0.2, -0.15) is 0 Å². The number of halogens is 1. The fourth-order valence-electron chi connectivity index (χ4n) is 2.62. The van der Waals surface area contributed by atoms with Crippen molar-refractivity contribution < 1.29 is 14.6 Å². The van der Waals surface area contributed by atoms with Gasteiger partial charge in [-0.05, 0) is 47.9 Å². The SMILES string of the molecule is COc1cc(C)c(Br)cc1C(O)c1ccc2c(c1)CCO2. The minimum Gasteiger partial charge on any atom is -0.496 e. The van der Waals surface area contributed by atoms with Gasteiger partial charge < -0.3 is 14.6 Å². The van der Waals surface area contributed by atoms with Crippen molar-refractivity contribution >= 4 is 15.9 Å². The number of hydrogen-bond acceptors (Lipinski definition) is 3. The first-order valence-electron chi connectivity index (χ1n) is 6.88. The van der Waals surface area contributed by atoms with Crippen molar-refractivity contribution in [2.45, 2.75) is 19.4 Å². The van der Waals surface area contributed by atoms with Crippen molar-refractivity contribution in [3.05, 3.63) is 57.1 Å². The highest BCUT2D eigenvalue weighted by molar-refractivity contribution is 9.10. The first-order chi connectivity index (χ1) is 10.1. The van der Waals surface area contributed by atoms with Gasteiger partial charge in [0.2, 0.25) is 0 Å². The molecule has 0 saturated heterocycles. The first kappa shape index (κ1) is 14.4. The number of fused-ring (bicyclic) bond motifs is 1. The summed E-state index contributed by atoms with van der Waals surface area (Å²) in [4.78, 5) is 0. The third-order valence-corrected chi connectivity index (χ3v) is 4.69. The van der Waals surface area contributed by atoms with Gasteiger partial charge in [0.25, 0.3) is 0 Å². The lowest BCUT2D eigenvalue weighted by Crippen LogP contribution is -2.03. The third-order valence-electron chi connectivity index (χ3n) is 3.83. The summed E-state index contributed by atoms with van der Waals surface area (Å²) < 4.78 is 11.9. The fraction of sp³-hybridized carbons (Fsp3) is 0.294. The van der Waals surface area contributed by atoms with Crippen LogP contribution in [0.4, 0.5) is 0 Å². The second-order valence-corrected chi connectivity index (χ2v) is 6.07. The fourth-order valence-corrected chi connectivity index (χ4v) is 2.98. The molecule has 0 radical (unpaired) electrons. The molecule has 1 aliphatic rings. The Morgan fingerprint density at radius 1 is 1.29 bits per heavy atom. The number of rotatable bonds is 3. The molecule has 1 N–H and O–H groups in total. The number of ether oxygens (including phenoxy) is 2. The van der Waals surface area contributed by atoms with Gasteiger partial charge in [0.15, 0.2) is 0 Å². The van der Waals surface area contributed by atoms with Crippen molar-refractivity contribution in [2.24, 2.45) is 0 Å². The van der Waals surface area contributed by atoms with Crippen molar-refractivity contribution in [1.82, 2.24) is 0 Å². The minimum atomic E-state index is -0.720. The van der Waals surface area contributed by atoms with Gasteiger partial charge in [0, 0.05) is 16.5 Å². The molecule has 110 valence electrons. The Kier molecular flexibility index (Phi) is 3.91. The zero-order chi connectivity index (χ0) is 15.0. The predicted octanol–water partition coefficient (Wildman–Crippen LogP) is 3.78. The smallest absolute Gasteiger partial charge is 0.125 e. The summed E-state index contributed by atoms with van der Waals surface area (Å²) in [6.45, 7) is 2.71. The summed E-state index contributed by atoms with van der Waals surface area (Å²) in [6, 6.07) is 9.69. The van der Waals surface area contributed by atoms with Crippen LogP contribution in [0.1, 0.15) is 28.4 Å². The zero-order valence-corrected chi connectivity index (χ0v) is 13.6. The van der Waals surface area contributed by atoms with Gasteiger partial charge in [0.1, 0.15) is 17.6 Å². The topological polar surface area (TPSA) is 38.7 Å². The Balaban J connectivity index is 2.02. The van der Waals surface area contributed by atoms with Crippen molar-refractivity contribution in [2.75, 3.05) is 13.7 Å². The molecule has 4 heteroatoms. The highest BCUT2D eigenvalue weighted by Crippen LogP contribution is 2.36. The Labute approximate surface area is 132 Å². The van der Waals surface area contributed by atoms with Gasteiger partial charge in [0.05, 0.1) is 13.7 Å². The molecule has 1 heterocycles. The molecule has 0 aromatic heterocycles. The van der Waals surface area contributed by atoms with E-state index in [1.165, 1.54) is 0 Å². The van der Waals surface area contributed by atoms with E-state index in [0.717, 1.165) is 38.9 Å². The summed E-state index contributed by atoms with van der Waals surface area (Å²) in [5, 5.41) is 10.7. The maximum atomic E-state index is 10.7. The second kappa shape index (κ2) is 5.70. The molecule has 3 rings (SSSR count). The summed E-state index contributed by atoms with van der Waals surface area (Å²) in [7, 11) is 1.62. The molecular weight excluding hydrogens is 332 g/mol. The normalized spacial score (nSPS) is 14.5. The van der Waals surface area contributed by atoms with Crippen LogP contribution < -0.4 is 9.47 Å². The van der Waals surface area contributed by atoms with Crippen molar-refractivity contribution in [1.29, 1.82) is 0 Å². The molecule has 0 bridgehead atoms. The van der Waals surface area contributed by atoms with Gasteiger partial charge in [-0.1, -0.05) is 22.0 Å². The standard InChI is InChI=1S/C17H17BrO3/c1-10-7-16(20-2)13(9-14(10)18)17(19)12-3-4-15-11(8-12)5-6-21-15/h3-4,7-9,17,19H,5-6H2,1-2H3. The zero-order valence-electron chi connectivity index (χ0n) is 12.0. The van der Waals surface area contributed by atoms with E-state index in [2.05, 4.69) is 15.9 Å². The van der Waals surface area contributed by atoms with Crippen LogP contribution in [0, 0.1) is 6.92 Å². The molecule has 2 aromatic carbocycles. The number of methoxy groups -OCH3 is 1. The molecule has 0 amide bonds. The Bertz CT molecular complexity index is 682. The average molecular weight is 349 g/mol. The van der Waals surface area contributed by atoms with Gasteiger partial charge in [-0.15, -0.1) is 0 Å². The van der Waals surface area contributed by atoms with E-state index >= 15 is 0 Å². The molecule has 21 heavy (non-hydrogen) atoms. The van der Waals surface area contributed by atoms with E-state index < -0.39 is 6.10 Å². The number of aryl methyl sites for hydroxylation is 1. The molecule has 3 nitrogen and oxygen atoms in total. The quantitative estimate of drug-likeness (QED) is 0.917. The molecular formula is C17H17BrO3. The summed E-state index contributed by atoms with van der Waals surface area (Å²) in [5.41, 5.74) is 3.84. The van der Waals surface area contributed by atoms with E-state index in [1.807, 2.05) is 37.3 Å². The van der Waals surface area contributed by atoms with Crippen molar-refractivity contribution in [3.63, 3.8) is 0 Å². The Morgan fingerprint density at radius 3 is 2.86 bits per heavy atom. The lowest BCUT2D eigenvalue weighted by Gasteiger charge is -2.17. The number of aliphatic hydroxyl groups is 1. The second-order valence-electron chi connectivity index (χ2n) is 5.21. The third kappa shape index (κ3) is 2.65. The molecule has 1 aliphatic heterocycles.